The lowest BCUT2D eigenvalue weighted by molar-refractivity contribution is -0.149. The van der Waals surface area contributed by atoms with Gasteiger partial charge in [-0.05, 0) is 36.6 Å². The Morgan fingerprint density at radius 2 is 1.97 bits per heavy atom. The van der Waals surface area contributed by atoms with E-state index in [0.717, 1.165) is 10.4 Å². The van der Waals surface area contributed by atoms with Gasteiger partial charge in [-0.25, -0.2) is 4.79 Å². The number of carbonyl (C=O) groups is 3. The summed E-state index contributed by atoms with van der Waals surface area (Å²) in [7, 11) is 1.35. The first kappa shape index (κ1) is 26.1. The number of hydrogen-bond donors (Lipinski definition) is 1. The van der Waals surface area contributed by atoms with Crippen molar-refractivity contribution in [1.29, 1.82) is 0 Å². The number of thiophene rings is 1. The highest BCUT2D eigenvalue weighted by Gasteiger charge is 2.35. The first-order valence-electron chi connectivity index (χ1n) is 9.91. The largest absolute Gasteiger partial charge is 0.481 e. The van der Waals surface area contributed by atoms with Crippen LogP contribution in [-0.2, 0) is 36.8 Å². The number of benzene rings is 1. The lowest BCUT2D eigenvalue weighted by Gasteiger charge is -2.33. The van der Waals surface area contributed by atoms with E-state index >= 15 is 0 Å². The second-order valence-electron chi connectivity index (χ2n) is 7.17. The molecule has 2 aromatic rings. The summed E-state index contributed by atoms with van der Waals surface area (Å²) in [5.41, 5.74) is 1.64. The Bertz CT molecular complexity index is 979. The standard InChI is InChI=1S/C22H24ClNO6S.ClH/c1-3-30-21(27)15(11-19(25)26)18-10-13-12-24(9-8-17(13)31-18)20(22(28)29-2)14-6-4-5-7-16(14)23;/h4-7,10,15,20H,3,8-9,11-12H2,1-2H3,(H,25,26);1H/t15-,20?;/m1./s1. The Balaban J connectivity index is 0.00000363. The molecule has 0 aliphatic carbocycles. The van der Waals surface area contributed by atoms with Gasteiger partial charge in [0.25, 0.3) is 0 Å². The van der Waals surface area contributed by atoms with Gasteiger partial charge in [0.2, 0.25) is 0 Å². The van der Waals surface area contributed by atoms with Gasteiger partial charge in [0, 0.05) is 27.9 Å². The van der Waals surface area contributed by atoms with Crippen LogP contribution in [0.15, 0.2) is 30.3 Å². The van der Waals surface area contributed by atoms with Crippen LogP contribution in [0.2, 0.25) is 5.02 Å². The number of nitrogens with zero attached hydrogens (tertiary/aromatic N) is 1. The molecule has 3 rings (SSSR count). The second-order valence-corrected chi connectivity index (χ2v) is 8.74. The van der Waals surface area contributed by atoms with Gasteiger partial charge in [0.05, 0.1) is 20.1 Å². The molecule has 1 aromatic heterocycles. The number of carbonyl (C=O) groups excluding carboxylic acids is 2. The van der Waals surface area contributed by atoms with Crippen molar-refractivity contribution < 1.29 is 29.0 Å². The van der Waals surface area contributed by atoms with Gasteiger partial charge in [0.1, 0.15) is 12.0 Å². The number of hydrogen-bond acceptors (Lipinski definition) is 7. The third-order valence-electron chi connectivity index (χ3n) is 5.20. The van der Waals surface area contributed by atoms with Crippen molar-refractivity contribution in [2.75, 3.05) is 20.3 Å². The van der Waals surface area contributed by atoms with Crippen LogP contribution in [0.4, 0.5) is 0 Å². The maximum absolute atomic E-state index is 12.6. The summed E-state index contributed by atoms with van der Waals surface area (Å²) in [6.07, 6.45) is 0.340. The van der Waals surface area contributed by atoms with E-state index in [0.29, 0.717) is 35.0 Å². The monoisotopic (exact) mass is 501 g/mol. The maximum atomic E-state index is 12.6. The molecule has 7 nitrogen and oxygen atoms in total. The van der Waals surface area contributed by atoms with Gasteiger partial charge < -0.3 is 14.6 Å². The van der Waals surface area contributed by atoms with Crippen molar-refractivity contribution in [2.45, 2.75) is 38.3 Å². The summed E-state index contributed by atoms with van der Waals surface area (Å²) in [6, 6.07) is 8.37. The Labute approximate surface area is 201 Å². The van der Waals surface area contributed by atoms with E-state index in [4.69, 9.17) is 21.1 Å². The predicted molar refractivity (Wildman–Crippen MR) is 124 cm³/mol. The molecule has 0 fully saturated rings. The highest BCUT2D eigenvalue weighted by Crippen LogP contribution is 2.38. The number of ether oxygens (including phenoxy) is 2. The molecule has 174 valence electrons. The van der Waals surface area contributed by atoms with Crippen LogP contribution < -0.4 is 0 Å². The maximum Gasteiger partial charge on any atom is 0.327 e. The molecule has 1 unspecified atom stereocenters. The Hall–Kier alpha value is -2.13. The van der Waals surface area contributed by atoms with Crippen LogP contribution in [0.1, 0.15) is 46.2 Å². The van der Waals surface area contributed by atoms with Crippen molar-refractivity contribution in [3.63, 3.8) is 0 Å². The summed E-state index contributed by atoms with van der Waals surface area (Å²) in [5, 5.41) is 9.73. The van der Waals surface area contributed by atoms with Crippen LogP contribution in [0.25, 0.3) is 0 Å². The highest BCUT2D eigenvalue weighted by atomic mass is 35.5. The SMILES string of the molecule is CCOC(=O)[C@H](CC(=O)O)c1cc2c(s1)CCN(C(C(=O)OC)c1ccccc1Cl)C2.Cl. The lowest BCUT2D eigenvalue weighted by atomic mass is 9.99. The summed E-state index contributed by atoms with van der Waals surface area (Å²) in [4.78, 5) is 40.0. The lowest BCUT2D eigenvalue weighted by Crippen LogP contribution is -2.38. The van der Waals surface area contributed by atoms with Crippen molar-refractivity contribution in [3.8, 4) is 0 Å². The van der Waals surface area contributed by atoms with E-state index < -0.39 is 29.9 Å². The number of carboxylic acid groups (broad SMARTS) is 1. The molecule has 2 heterocycles. The van der Waals surface area contributed by atoms with Gasteiger partial charge in [-0.3, -0.25) is 14.5 Å². The molecule has 0 amide bonds. The number of halogens is 2. The van der Waals surface area contributed by atoms with Gasteiger partial charge in [-0.15, -0.1) is 23.7 Å². The van der Waals surface area contributed by atoms with Gasteiger partial charge in [-0.1, -0.05) is 29.8 Å². The Morgan fingerprint density at radius 3 is 2.59 bits per heavy atom. The van der Waals surface area contributed by atoms with Gasteiger partial charge in [-0.2, -0.15) is 0 Å². The van der Waals surface area contributed by atoms with Crippen LogP contribution in [-0.4, -0.2) is 48.2 Å². The van der Waals surface area contributed by atoms with E-state index in [9.17, 15) is 19.5 Å². The number of aliphatic carboxylic acids is 1. The van der Waals surface area contributed by atoms with Crippen molar-refractivity contribution >= 4 is 53.3 Å². The van der Waals surface area contributed by atoms with Gasteiger partial charge >= 0.3 is 17.9 Å². The van der Waals surface area contributed by atoms with Crippen LogP contribution >= 0.6 is 35.3 Å². The van der Waals surface area contributed by atoms with E-state index in [1.165, 1.54) is 18.4 Å². The summed E-state index contributed by atoms with van der Waals surface area (Å²) in [6.45, 7) is 2.93. The van der Waals surface area contributed by atoms with Crippen molar-refractivity contribution in [3.05, 3.63) is 56.2 Å². The van der Waals surface area contributed by atoms with Gasteiger partial charge in [0.15, 0.2) is 0 Å². The van der Waals surface area contributed by atoms with E-state index in [1.807, 2.05) is 23.1 Å². The average Bonchev–Trinajstić information content (AvgIpc) is 3.16. The second kappa shape index (κ2) is 11.7. The molecule has 1 aromatic carbocycles. The van der Waals surface area contributed by atoms with E-state index in [1.54, 1.807) is 19.1 Å². The zero-order valence-electron chi connectivity index (χ0n) is 17.7. The minimum absolute atomic E-state index is 0. The molecule has 32 heavy (non-hydrogen) atoms. The first-order chi connectivity index (χ1) is 14.8. The number of fused-ring (bicyclic) bond motifs is 1. The molecule has 0 saturated carbocycles. The zero-order chi connectivity index (χ0) is 22.5. The van der Waals surface area contributed by atoms with Crippen LogP contribution in [0.5, 0.6) is 0 Å². The molecule has 1 aliphatic heterocycles. The molecule has 0 bridgehead atoms. The topological polar surface area (TPSA) is 93.1 Å². The minimum atomic E-state index is -1.06. The molecular formula is C22H25Cl2NO6S. The molecule has 10 heteroatoms. The van der Waals surface area contributed by atoms with Crippen LogP contribution in [0, 0.1) is 0 Å². The number of carboxylic acids is 1. The molecule has 0 saturated heterocycles. The van der Waals surface area contributed by atoms with E-state index in [2.05, 4.69) is 0 Å². The normalized spacial score (nSPS) is 15.1. The molecule has 0 radical (unpaired) electrons. The molecular weight excluding hydrogens is 477 g/mol. The quantitative estimate of drug-likeness (QED) is 0.541. The third kappa shape index (κ3) is 5.81. The minimum Gasteiger partial charge on any atom is -0.481 e. The molecule has 0 spiro atoms. The number of esters is 2. The number of rotatable bonds is 8. The fourth-order valence-corrected chi connectivity index (χ4v) is 5.26. The number of methoxy groups -OCH3 is 1. The van der Waals surface area contributed by atoms with Crippen molar-refractivity contribution in [2.24, 2.45) is 0 Å². The summed E-state index contributed by atoms with van der Waals surface area (Å²) < 4.78 is 10.1. The predicted octanol–water partition coefficient (Wildman–Crippen LogP) is 4.22. The fraction of sp³-hybridized carbons (Fsp3) is 0.409. The average molecular weight is 502 g/mol. The molecule has 1 N–H and O–H groups in total. The van der Waals surface area contributed by atoms with Crippen molar-refractivity contribution in [1.82, 2.24) is 4.90 Å². The van der Waals surface area contributed by atoms with Crippen LogP contribution in [0.3, 0.4) is 0 Å². The summed E-state index contributed by atoms with van der Waals surface area (Å²) >= 11 is 7.79. The highest BCUT2D eigenvalue weighted by molar-refractivity contribution is 7.12. The Kier molecular flexibility index (Phi) is 9.51. The molecule has 2 atom stereocenters. The fourth-order valence-electron chi connectivity index (χ4n) is 3.77. The molecule has 1 aliphatic rings. The Morgan fingerprint density at radius 1 is 1.25 bits per heavy atom. The summed E-state index contributed by atoms with van der Waals surface area (Å²) in [5.74, 6) is -2.84. The smallest absolute Gasteiger partial charge is 0.327 e. The zero-order valence-corrected chi connectivity index (χ0v) is 20.1. The first-order valence-corrected chi connectivity index (χ1v) is 11.1. The van der Waals surface area contributed by atoms with E-state index in [-0.39, 0.29) is 25.4 Å². The third-order valence-corrected chi connectivity index (χ3v) is 6.89.